The van der Waals surface area contributed by atoms with Gasteiger partial charge in [0.15, 0.2) is 5.17 Å². The third-order valence-corrected chi connectivity index (χ3v) is 6.36. The first kappa shape index (κ1) is 13.6. The van der Waals surface area contributed by atoms with E-state index in [0.717, 1.165) is 17.7 Å². The van der Waals surface area contributed by atoms with E-state index in [1.54, 1.807) is 0 Å². The zero-order chi connectivity index (χ0) is 12.3. The molecule has 0 spiro atoms. The van der Waals surface area contributed by atoms with Crippen LogP contribution in [0.15, 0.2) is 4.99 Å². The van der Waals surface area contributed by atoms with Gasteiger partial charge in [0, 0.05) is 16.5 Å². The molecule has 0 saturated heterocycles. The summed E-state index contributed by atoms with van der Waals surface area (Å²) in [7, 11) is 0. The van der Waals surface area contributed by atoms with Crippen LogP contribution in [0.25, 0.3) is 0 Å². The predicted molar refractivity (Wildman–Crippen MR) is 81.2 cm³/mol. The van der Waals surface area contributed by atoms with Crippen molar-refractivity contribution in [2.75, 3.05) is 12.8 Å². The van der Waals surface area contributed by atoms with Crippen molar-refractivity contribution >= 4 is 28.7 Å². The van der Waals surface area contributed by atoms with Crippen LogP contribution in [-0.2, 0) is 0 Å². The standard InChI is InChI=1S/C13H24N2S2/c1-9(2)12-8-14-13(17-12)15-10-4-6-11(16-3)7-5-10/h9-12H,4-8H2,1-3H3,(H,14,15). The minimum Gasteiger partial charge on any atom is -0.362 e. The topological polar surface area (TPSA) is 24.4 Å². The summed E-state index contributed by atoms with van der Waals surface area (Å²) in [5.41, 5.74) is 0. The van der Waals surface area contributed by atoms with E-state index in [0.29, 0.717) is 11.3 Å². The Morgan fingerprint density at radius 3 is 2.53 bits per heavy atom. The summed E-state index contributed by atoms with van der Waals surface area (Å²) in [6, 6.07) is 0.676. The maximum Gasteiger partial charge on any atom is 0.157 e. The number of aliphatic imine (C=N–C) groups is 1. The Morgan fingerprint density at radius 1 is 1.29 bits per heavy atom. The lowest BCUT2D eigenvalue weighted by Gasteiger charge is -2.28. The lowest BCUT2D eigenvalue weighted by molar-refractivity contribution is 0.423. The van der Waals surface area contributed by atoms with E-state index in [2.05, 4.69) is 30.4 Å². The molecule has 0 amide bonds. The van der Waals surface area contributed by atoms with Crippen LogP contribution in [0.2, 0.25) is 0 Å². The maximum absolute atomic E-state index is 4.63. The fraction of sp³-hybridized carbons (Fsp3) is 0.923. The second kappa shape index (κ2) is 6.37. The van der Waals surface area contributed by atoms with E-state index in [9.17, 15) is 0 Å². The predicted octanol–water partition coefficient (Wildman–Crippen LogP) is 3.38. The van der Waals surface area contributed by atoms with Gasteiger partial charge < -0.3 is 5.32 Å². The lowest BCUT2D eigenvalue weighted by atomic mass is 9.95. The van der Waals surface area contributed by atoms with Crippen molar-refractivity contribution < 1.29 is 0 Å². The van der Waals surface area contributed by atoms with E-state index < -0.39 is 0 Å². The SMILES string of the molecule is CSC1CCC(NC2=NCC(C(C)C)S2)CC1. The molecule has 2 aliphatic rings. The zero-order valence-corrected chi connectivity index (χ0v) is 12.7. The van der Waals surface area contributed by atoms with E-state index in [1.165, 1.54) is 30.9 Å². The van der Waals surface area contributed by atoms with Crippen molar-refractivity contribution in [2.45, 2.75) is 56.1 Å². The highest BCUT2D eigenvalue weighted by atomic mass is 32.2. The molecule has 1 N–H and O–H groups in total. The van der Waals surface area contributed by atoms with E-state index in [4.69, 9.17) is 0 Å². The quantitative estimate of drug-likeness (QED) is 0.852. The molecular formula is C13H24N2S2. The van der Waals surface area contributed by atoms with Gasteiger partial charge in [-0.2, -0.15) is 11.8 Å². The number of amidine groups is 1. The van der Waals surface area contributed by atoms with Gasteiger partial charge in [0.25, 0.3) is 0 Å². The summed E-state index contributed by atoms with van der Waals surface area (Å²) in [6.07, 6.45) is 7.60. The van der Waals surface area contributed by atoms with Gasteiger partial charge in [-0.25, -0.2) is 0 Å². The van der Waals surface area contributed by atoms with Crippen LogP contribution in [0.5, 0.6) is 0 Å². The Bertz CT molecular complexity index is 271. The number of nitrogens with one attached hydrogen (secondary N) is 1. The third kappa shape index (κ3) is 3.82. The minimum absolute atomic E-state index is 0.676. The molecule has 0 bridgehead atoms. The van der Waals surface area contributed by atoms with Crippen molar-refractivity contribution in [3.8, 4) is 0 Å². The number of hydrogen-bond acceptors (Lipinski definition) is 4. The molecule has 4 heteroatoms. The Labute approximate surface area is 114 Å². The van der Waals surface area contributed by atoms with Crippen molar-refractivity contribution in [1.82, 2.24) is 5.32 Å². The second-order valence-electron chi connectivity index (χ2n) is 5.40. The van der Waals surface area contributed by atoms with Gasteiger partial charge in [-0.05, 0) is 37.9 Å². The van der Waals surface area contributed by atoms with Crippen LogP contribution < -0.4 is 5.32 Å². The van der Waals surface area contributed by atoms with Gasteiger partial charge in [0.05, 0.1) is 6.54 Å². The van der Waals surface area contributed by atoms with Crippen molar-refractivity contribution in [2.24, 2.45) is 10.9 Å². The fourth-order valence-electron chi connectivity index (χ4n) is 2.43. The van der Waals surface area contributed by atoms with Gasteiger partial charge >= 0.3 is 0 Å². The summed E-state index contributed by atoms with van der Waals surface area (Å²) < 4.78 is 0. The summed E-state index contributed by atoms with van der Waals surface area (Å²) in [6.45, 7) is 5.59. The maximum atomic E-state index is 4.63. The van der Waals surface area contributed by atoms with Gasteiger partial charge in [0.2, 0.25) is 0 Å². The Balaban J connectivity index is 1.72. The normalized spacial score (nSPS) is 33.9. The fourth-order valence-corrected chi connectivity index (χ4v) is 4.27. The minimum atomic E-state index is 0.676. The molecule has 2 rings (SSSR count). The largest absolute Gasteiger partial charge is 0.362 e. The number of hydrogen-bond donors (Lipinski definition) is 1. The highest BCUT2D eigenvalue weighted by molar-refractivity contribution is 8.14. The molecule has 0 aromatic rings. The smallest absolute Gasteiger partial charge is 0.157 e. The Hall–Kier alpha value is 0.170. The average Bonchev–Trinajstić information content (AvgIpc) is 2.79. The summed E-state index contributed by atoms with van der Waals surface area (Å²) in [5, 5.41) is 6.45. The lowest BCUT2D eigenvalue weighted by Crippen LogP contribution is -2.36. The van der Waals surface area contributed by atoms with Gasteiger partial charge in [0.1, 0.15) is 0 Å². The molecular weight excluding hydrogens is 248 g/mol. The zero-order valence-electron chi connectivity index (χ0n) is 11.1. The monoisotopic (exact) mass is 272 g/mol. The van der Waals surface area contributed by atoms with Crippen molar-refractivity contribution in [1.29, 1.82) is 0 Å². The Kier molecular flexibility index (Phi) is 5.10. The molecule has 1 unspecified atom stereocenters. The first-order valence-corrected chi connectivity index (χ1v) is 8.86. The summed E-state index contributed by atoms with van der Waals surface area (Å²) in [4.78, 5) is 4.63. The van der Waals surface area contributed by atoms with Crippen LogP contribution in [0, 0.1) is 5.92 Å². The van der Waals surface area contributed by atoms with E-state index in [1.807, 2.05) is 23.5 Å². The molecule has 0 aromatic carbocycles. The van der Waals surface area contributed by atoms with Crippen LogP contribution in [0.3, 0.4) is 0 Å². The number of nitrogens with zero attached hydrogens (tertiary/aromatic N) is 1. The number of thioether (sulfide) groups is 2. The number of rotatable bonds is 3. The first-order chi connectivity index (χ1) is 8.19. The van der Waals surface area contributed by atoms with Gasteiger partial charge in [-0.3, -0.25) is 4.99 Å². The summed E-state index contributed by atoms with van der Waals surface area (Å²) in [5.74, 6) is 0.732. The average molecular weight is 272 g/mol. The van der Waals surface area contributed by atoms with E-state index in [-0.39, 0.29) is 0 Å². The molecule has 1 aliphatic heterocycles. The highest BCUT2D eigenvalue weighted by Crippen LogP contribution is 2.30. The molecule has 98 valence electrons. The van der Waals surface area contributed by atoms with E-state index >= 15 is 0 Å². The summed E-state index contributed by atoms with van der Waals surface area (Å²) >= 11 is 3.98. The molecule has 0 radical (unpaired) electrons. The highest BCUT2D eigenvalue weighted by Gasteiger charge is 2.26. The first-order valence-electron chi connectivity index (χ1n) is 6.69. The van der Waals surface area contributed by atoms with Gasteiger partial charge in [-0.15, -0.1) is 0 Å². The molecule has 2 nitrogen and oxygen atoms in total. The second-order valence-corrected chi connectivity index (χ2v) is 7.77. The molecule has 1 heterocycles. The third-order valence-electron chi connectivity index (χ3n) is 3.76. The molecule has 1 fully saturated rings. The van der Waals surface area contributed by atoms with Crippen molar-refractivity contribution in [3.05, 3.63) is 0 Å². The van der Waals surface area contributed by atoms with Crippen LogP contribution in [-0.4, -0.2) is 34.5 Å². The van der Waals surface area contributed by atoms with Crippen molar-refractivity contribution in [3.63, 3.8) is 0 Å². The van der Waals surface area contributed by atoms with Crippen LogP contribution in [0.4, 0.5) is 0 Å². The van der Waals surface area contributed by atoms with Gasteiger partial charge in [-0.1, -0.05) is 25.6 Å². The molecule has 1 aliphatic carbocycles. The Morgan fingerprint density at radius 2 is 2.00 bits per heavy atom. The molecule has 0 aromatic heterocycles. The molecule has 1 saturated carbocycles. The molecule has 17 heavy (non-hydrogen) atoms. The van der Waals surface area contributed by atoms with Crippen LogP contribution >= 0.6 is 23.5 Å². The molecule has 1 atom stereocenters. The van der Waals surface area contributed by atoms with Crippen LogP contribution in [0.1, 0.15) is 39.5 Å².